The molecule has 0 aliphatic heterocycles. The molecule has 3 rings (SSSR count). The summed E-state index contributed by atoms with van der Waals surface area (Å²) in [6.45, 7) is 1.18. The van der Waals surface area contributed by atoms with Gasteiger partial charge in [0.25, 0.3) is 5.91 Å². The maximum absolute atomic E-state index is 12.1. The number of hydrogen-bond acceptors (Lipinski definition) is 4. The molecule has 1 aromatic carbocycles. The number of aromatic nitrogens is 1. The number of rotatable bonds is 6. The van der Waals surface area contributed by atoms with Gasteiger partial charge in [0.15, 0.2) is 0 Å². The molecular weight excluding hydrogens is 306 g/mol. The number of thiazole rings is 1. The lowest BCUT2D eigenvalue weighted by Gasteiger charge is -2.06. The van der Waals surface area contributed by atoms with Crippen molar-refractivity contribution in [2.45, 2.75) is 45.1 Å². The number of aryl methyl sites for hydroxylation is 3. The van der Waals surface area contributed by atoms with Crippen LogP contribution in [0.4, 0.5) is 0 Å². The summed E-state index contributed by atoms with van der Waals surface area (Å²) < 4.78 is 0. The Bertz CT molecular complexity index is 640. The first-order valence-electron chi connectivity index (χ1n) is 8.31. The Balaban J connectivity index is 1.43. The fourth-order valence-electron chi connectivity index (χ4n) is 2.85. The molecule has 1 aromatic heterocycles. The number of nitrogens with two attached hydrogens (primary N) is 1. The van der Waals surface area contributed by atoms with Crippen molar-refractivity contribution in [1.82, 2.24) is 10.3 Å². The third kappa shape index (κ3) is 4.18. The van der Waals surface area contributed by atoms with E-state index in [2.05, 4.69) is 5.32 Å². The summed E-state index contributed by atoms with van der Waals surface area (Å²) in [7, 11) is 0. The summed E-state index contributed by atoms with van der Waals surface area (Å²) in [5.74, 6) is -0.0213. The van der Waals surface area contributed by atoms with Crippen LogP contribution in [0.15, 0.2) is 24.3 Å². The Morgan fingerprint density at radius 3 is 2.74 bits per heavy atom. The number of amides is 1. The van der Waals surface area contributed by atoms with Gasteiger partial charge in [-0.3, -0.25) is 4.79 Å². The van der Waals surface area contributed by atoms with Crippen molar-refractivity contribution in [3.8, 4) is 0 Å². The molecule has 122 valence electrons. The molecule has 0 bridgehead atoms. The molecule has 0 fully saturated rings. The number of benzene rings is 1. The zero-order valence-electron chi connectivity index (χ0n) is 13.3. The van der Waals surface area contributed by atoms with Crippen molar-refractivity contribution in [1.29, 1.82) is 0 Å². The van der Waals surface area contributed by atoms with E-state index in [1.54, 1.807) is 0 Å². The van der Waals surface area contributed by atoms with E-state index in [0.717, 1.165) is 24.8 Å². The number of fused-ring (bicyclic) bond motifs is 1. The fourth-order valence-corrected chi connectivity index (χ4v) is 4.05. The molecular formula is C18H23N3OS. The van der Waals surface area contributed by atoms with Crippen LogP contribution in [0.2, 0.25) is 0 Å². The van der Waals surface area contributed by atoms with Gasteiger partial charge in [-0.2, -0.15) is 0 Å². The van der Waals surface area contributed by atoms with Gasteiger partial charge in [-0.05, 0) is 49.8 Å². The first-order chi connectivity index (χ1) is 11.3. The second-order valence-corrected chi connectivity index (χ2v) is 7.11. The second-order valence-electron chi connectivity index (χ2n) is 5.95. The second kappa shape index (κ2) is 7.70. The predicted octanol–water partition coefficient (Wildman–Crippen LogP) is 2.84. The quantitative estimate of drug-likeness (QED) is 0.801. The summed E-state index contributed by atoms with van der Waals surface area (Å²) in [6, 6.07) is 7.45. The minimum atomic E-state index is -0.0213. The van der Waals surface area contributed by atoms with Crippen LogP contribution in [0, 0.1) is 0 Å². The molecule has 0 radical (unpaired) electrons. The maximum atomic E-state index is 12.1. The van der Waals surface area contributed by atoms with E-state index < -0.39 is 0 Å². The van der Waals surface area contributed by atoms with Gasteiger partial charge < -0.3 is 11.1 Å². The lowest BCUT2D eigenvalue weighted by Crippen LogP contribution is -2.24. The highest BCUT2D eigenvalue weighted by atomic mass is 32.1. The standard InChI is InChI=1S/C18H23N3OS/c19-12-13-7-9-14(10-8-13)18(22)20-11-3-6-17-21-15-4-1-2-5-16(15)23-17/h7-10H,1-6,11-12,19H2,(H,20,22). The van der Waals surface area contributed by atoms with E-state index in [9.17, 15) is 4.79 Å². The highest BCUT2D eigenvalue weighted by molar-refractivity contribution is 7.11. The van der Waals surface area contributed by atoms with Gasteiger partial charge in [-0.1, -0.05) is 12.1 Å². The molecule has 0 spiro atoms. The molecule has 2 aromatic rings. The van der Waals surface area contributed by atoms with Crippen LogP contribution in [0.1, 0.15) is 50.8 Å². The number of hydrogen-bond donors (Lipinski definition) is 2. The molecule has 0 unspecified atom stereocenters. The molecule has 23 heavy (non-hydrogen) atoms. The number of nitrogens with zero attached hydrogens (tertiary/aromatic N) is 1. The van der Waals surface area contributed by atoms with E-state index in [4.69, 9.17) is 10.7 Å². The molecule has 1 aliphatic carbocycles. The molecule has 1 heterocycles. The lowest BCUT2D eigenvalue weighted by atomic mass is 10.0. The summed E-state index contributed by atoms with van der Waals surface area (Å²) in [5.41, 5.74) is 8.60. The van der Waals surface area contributed by atoms with Gasteiger partial charge in [-0.15, -0.1) is 11.3 Å². The molecule has 1 aliphatic rings. The van der Waals surface area contributed by atoms with Gasteiger partial charge in [-0.25, -0.2) is 4.98 Å². The molecule has 1 amide bonds. The van der Waals surface area contributed by atoms with Crippen LogP contribution in [-0.2, 0) is 25.8 Å². The van der Waals surface area contributed by atoms with Crippen molar-refractivity contribution in [3.05, 3.63) is 51.0 Å². The van der Waals surface area contributed by atoms with Crippen molar-refractivity contribution < 1.29 is 4.79 Å². The first-order valence-corrected chi connectivity index (χ1v) is 9.12. The number of carbonyl (C=O) groups excluding carboxylic acids is 1. The van der Waals surface area contributed by atoms with Crippen molar-refractivity contribution in [3.63, 3.8) is 0 Å². The molecule has 3 N–H and O–H groups in total. The Kier molecular flexibility index (Phi) is 5.41. The Morgan fingerprint density at radius 2 is 2.00 bits per heavy atom. The third-order valence-electron chi connectivity index (χ3n) is 4.19. The van der Waals surface area contributed by atoms with Crippen LogP contribution in [0.5, 0.6) is 0 Å². The summed E-state index contributed by atoms with van der Waals surface area (Å²) >= 11 is 1.86. The molecule has 0 saturated heterocycles. The van der Waals surface area contributed by atoms with Gasteiger partial charge in [0, 0.05) is 30.0 Å². The molecule has 0 atom stereocenters. The fraction of sp³-hybridized carbons (Fsp3) is 0.444. The van der Waals surface area contributed by atoms with Gasteiger partial charge in [0.2, 0.25) is 0 Å². The molecule has 5 heteroatoms. The zero-order valence-corrected chi connectivity index (χ0v) is 14.1. The number of carbonyl (C=O) groups is 1. The van der Waals surface area contributed by atoms with Gasteiger partial charge >= 0.3 is 0 Å². The maximum Gasteiger partial charge on any atom is 0.251 e. The smallest absolute Gasteiger partial charge is 0.251 e. The highest BCUT2D eigenvalue weighted by Gasteiger charge is 2.14. The van der Waals surface area contributed by atoms with Crippen LogP contribution >= 0.6 is 11.3 Å². The summed E-state index contributed by atoms with van der Waals surface area (Å²) in [6.07, 6.45) is 6.79. The summed E-state index contributed by atoms with van der Waals surface area (Å²) in [4.78, 5) is 18.3. The molecule has 4 nitrogen and oxygen atoms in total. The van der Waals surface area contributed by atoms with Crippen molar-refractivity contribution in [2.75, 3.05) is 6.54 Å². The Hall–Kier alpha value is -1.72. The van der Waals surface area contributed by atoms with E-state index in [1.807, 2.05) is 35.6 Å². The minimum Gasteiger partial charge on any atom is -0.352 e. The van der Waals surface area contributed by atoms with Crippen LogP contribution in [0.3, 0.4) is 0 Å². The first kappa shape index (κ1) is 16.1. The largest absolute Gasteiger partial charge is 0.352 e. The van der Waals surface area contributed by atoms with E-state index in [1.165, 1.54) is 34.8 Å². The predicted molar refractivity (Wildman–Crippen MR) is 93.7 cm³/mol. The zero-order chi connectivity index (χ0) is 16.1. The Labute approximate surface area is 141 Å². The average Bonchev–Trinajstić information content (AvgIpc) is 3.01. The normalized spacial score (nSPS) is 13.6. The lowest BCUT2D eigenvalue weighted by molar-refractivity contribution is 0.0953. The van der Waals surface area contributed by atoms with Gasteiger partial charge in [0.05, 0.1) is 10.7 Å². The average molecular weight is 329 g/mol. The van der Waals surface area contributed by atoms with E-state index >= 15 is 0 Å². The SMILES string of the molecule is NCc1ccc(C(=O)NCCCc2nc3c(s2)CCCC3)cc1. The Morgan fingerprint density at radius 1 is 1.22 bits per heavy atom. The van der Waals surface area contributed by atoms with Crippen LogP contribution < -0.4 is 11.1 Å². The molecule has 0 saturated carbocycles. The monoisotopic (exact) mass is 329 g/mol. The topological polar surface area (TPSA) is 68.0 Å². The van der Waals surface area contributed by atoms with E-state index in [0.29, 0.717) is 18.7 Å². The highest BCUT2D eigenvalue weighted by Crippen LogP contribution is 2.27. The minimum absolute atomic E-state index is 0.0213. The number of nitrogens with one attached hydrogen (secondary N) is 1. The van der Waals surface area contributed by atoms with E-state index in [-0.39, 0.29) is 5.91 Å². The summed E-state index contributed by atoms with van der Waals surface area (Å²) in [5, 5.41) is 4.20. The van der Waals surface area contributed by atoms with Crippen LogP contribution in [0.25, 0.3) is 0 Å². The van der Waals surface area contributed by atoms with Crippen LogP contribution in [-0.4, -0.2) is 17.4 Å². The third-order valence-corrected chi connectivity index (χ3v) is 5.41. The van der Waals surface area contributed by atoms with Gasteiger partial charge in [0.1, 0.15) is 0 Å². The van der Waals surface area contributed by atoms with Crippen molar-refractivity contribution >= 4 is 17.2 Å². The van der Waals surface area contributed by atoms with Crippen molar-refractivity contribution in [2.24, 2.45) is 5.73 Å².